The van der Waals surface area contributed by atoms with Crippen LogP contribution >= 0.6 is 0 Å². The number of ether oxygens (including phenoxy) is 2. The van der Waals surface area contributed by atoms with Crippen LogP contribution in [-0.4, -0.2) is 56.3 Å². The number of pyridine rings is 2. The minimum absolute atomic E-state index is 0.000911. The number of rotatable bonds is 10. The molecule has 3 aromatic heterocycles. The van der Waals surface area contributed by atoms with Crippen molar-refractivity contribution in [3.8, 4) is 29.1 Å². The second kappa shape index (κ2) is 12.3. The highest BCUT2D eigenvalue weighted by Gasteiger charge is 2.30. The first kappa shape index (κ1) is 29.1. The van der Waals surface area contributed by atoms with Crippen LogP contribution in [-0.2, 0) is 4.79 Å². The first-order chi connectivity index (χ1) is 21.8. The molecule has 11 nitrogen and oxygen atoms in total. The third-order valence-corrected chi connectivity index (χ3v) is 7.26. The average Bonchev–Trinajstić information content (AvgIpc) is 3.48. The number of hydrogen-bond donors (Lipinski definition) is 2. The number of fused-ring (bicyclic) bond motifs is 1. The number of amides is 1. The van der Waals surface area contributed by atoms with Gasteiger partial charge in [0.05, 0.1) is 52.7 Å². The van der Waals surface area contributed by atoms with Gasteiger partial charge in [-0.05, 0) is 50.3 Å². The van der Waals surface area contributed by atoms with E-state index in [0.29, 0.717) is 47.7 Å². The zero-order valence-corrected chi connectivity index (χ0v) is 24.6. The van der Waals surface area contributed by atoms with Crippen molar-refractivity contribution in [2.45, 2.75) is 19.9 Å². The zero-order valence-electron chi connectivity index (χ0n) is 24.6. The summed E-state index contributed by atoms with van der Waals surface area (Å²) in [6, 6.07) is 15.6. The summed E-state index contributed by atoms with van der Waals surface area (Å²) in [6.45, 7) is 8.77. The molecule has 0 aliphatic carbocycles. The lowest BCUT2D eigenvalue weighted by molar-refractivity contribution is -0.129. The van der Waals surface area contributed by atoms with Crippen LogP contribution in [0, 0.1) is 24.1 Å². The van der Waals surface area contributed by atoms with Gasteiger partial charge in [-0.15, -0.1) is 5.10 Å². The lowest BCUT2D eigenvalue weighted by Gasteiger charge is -2.39. The molecule has 1 fully saturated rings. The molecule has 1 aliphatic rings. The standard InChI is InChI=1S/C33H29FN8O3/c1-4-32(43)41-18-22(19-41)38-29-13-25-28(14-30(29)44-5-2)37-16-21(15-35)33(25)39-27-9-8-24(12-26(27)34)45-31-10-11-42(40-31)23-7-6-20(3)36-17-23/h4,6-14,16-17,22,38H,1,5,18-19H2,2-3H3,(H,37,39). The highest BCUT2D eigenvalue weighted by Crippen LogP contribution is 2.38. The van der Waals surface area contributed by atoms with Gasteiger partial charge in [0.25, 0.3) is 0 Å². The maximum atomic E-state index is 15.4. The Hall–Kier alpha value is -5.96. The van der Waals surface area contributed by atoms with Crippen molar-refractivity contribution in [1.82, 2.24) is 24.6 Å². The number of anilines is 3. The topological polar surface area (TPSA) is 130 Å². The van der Waals surface area contributed by atoms with Crippen molar-refractivity contribution < 1.29 is 18.7 Å². The Labute approximate surface area is 258 Å². The molecule has 0 spiro atoms. The fourth-order valence-electron chi connectivity index (χ4n) is 4.94. The molecule has 1 saturated heterocycles. The van der Waals surface area contributed by atoms with Crippen LogP contribution in [0.2, 0.25) is 0 Å². The van der Waals surface area contributed by atoms with Crippen LogP contribution in [0.1, 0.15) is 18.2 Å². The van der Waals surface area contributed by atoms with Gasteiger partial charge in [-0.2, -0.15) is 5.26 Å². The van der Waals surface area contributed by atoms with Crippen LogP contribution in [0.3, 0.4) is 0 Å². The number of benzene rings is 2. The van der Waals surface area contributed by atoms with Crippen molar-refractivity contribution in [3.63, 3.8) is 0 Å². The Kier molecular flexibility index (Phi) is 7.99. The Morgan fingerprint density at radius 2 is 2.00 bits per heavy atom. The van der Waals surface area contributed by atoms with Crippen molar-refractivity contribution in [3.05, 3.63) is 96.9 Å². The highest BCUT2D eigenvalue weighted by molar-refractivity contribution is 5.99. The third-order valence-electron chi connectivity index (χ3n) is 7.26. The maximum Gasteiger partial charge on any atom is 0.246 e. The maximum absolute atomic E-state index is 15.4. The molecule has 0 saturated carbocycles. The number of halogens is 1. The first-order valence-electron chi connectivity index (χ1n) is 14.3. The van der Waals surface area contributed by atoms with Crippen LogP contribution in [0.15, 0.2) is 79.8 Å². The van der Waals surface area contributed by atoms with Gasteiger partial charge in [-0.3, -0.25) is 14.8 Å². The van der Waals surface area contributed by atoms with E-state index in [4.69, 9.17) is 9.47 Å². The van der Waals surface area contributed by atoms with Gasteiger partial charge in [0, 0.05) is 54.8 Å². The Balaban J connectivity index is 1.25. The summed E-state index contributed by atoms with van der Waals surface area (Å²) in [7, 11) is 0. The molecule has 0 radical (unpaired) electrons. The first-order valence-corrected chi connectivity index (χ1v) is 14.3. The molecular formula is C33H29FN8O3. The number of nitrogens with one attached hydrogen (secondary N) is 2. The van der Waals surface area contributed by atoms with Crippen LogP contribution in [0.25, 0.3) is 16.6 Å². The third kappa shape index (κ3) is 6.09. The minimum Gasteiger partial charge on any atom is -0.492 e. The van der Waals surface area contributed by atoms with Crippen molar-refractivity contribution in [2.24, 2.45) is 0 Å². The zero-order chi connectivity index (χ0) is 31.5. The molecule has 12 heteroatoms. The van der Waals surface area contributed by atoms with E-state index < -0.39 is 5.82 Å². The second-order valence-electron chi connectivity index (χ2n) is 10.4. The van der Waals surface area contributed by atoms with Gasteiger partial charge < -0.3 is 25.0 Å². The van der Waals surface area contributed by atoms with Gasteiger partial charge in [-0.25, -0.2) is 9.07 Å². The van der Waals surface area contributed by atoms with Crippen molar-refractivity contribution in [1.29, 1.82) is 5.26 Å². The fraction of sp³-hybridized carbons (Fsp3) is 0.182. The minimum atomic E-state index is -0.589. The van der Waals surface area contributed by atoms with Crippen molar-refractivity contribution >= 4 is 33.9 Å². The van der Waals surface area contributed by atoms with E-state index in [1.807, 2.05) is 32.0 Å². The molecule has 4 heterocycles. The number of nitriles is 1. The molecule has 45 heavy (non-hydrogen) atoms. The molecule has 1 aliphatic heterocycles. The Morgan fingerprint density at radius 1 is 1.16 bits per heavy atom. The predicted molar refractivity (Wildman–Crippen MR) is 168 cm³/mol. The molecule has 0 atom stereocenters. The second-order valence-corrected chi connectivity index (χ2v) is 10.4. The van der Waals surface area contributed by atoms with E-state index in [-0.39, 0.29) is 34.8 Å². The molecule has 2 N–H and O–H groups in total. The number of likely N-dealkylation sites (tertiary alicyclic amines) is 1. The van der Waals surface area contributed by atoms with Gasteiger partial charge in [0.1, 0.15) is 23.4 Å². The number of carbonyl (C=O) groups is 1. The van der Waals surface area contributed by atoms with Crippen LogP contribution in [0.5, 0.6) is 17.4 Å². The van der Waals surface area contributed by atoms with E-state index in [0.717, 1.165) is 11.4 Å². The van der Waals surface area contributed by atoms with E-state index in [2.05, 4.69) is 38.3 Å². The molecule has 226 valence electrons. The Morgan fingerprint density at radius 3 is 2.71 bits per heavy atom. The van der Waals surface area contributed by atoms with Crippen LogP contribution in [0.4, 0.5) is 21.5 Å². The summed E-state index contributed by atoms with van der Waals surface area (Å²) in [5.74, 6) is 0.405. The average molecular weight is 605 g/mol. The summed E-state index contributed by atoms with van der Waals surface area (Å²) >= 11 is 0. The number of aryl methyl sites for hydroxylation is 1. The smallest absolute Gasteiger partial charge is 0.246 e. The summed E-state index contributed by atoms with van der Waals surface area (Å²) in [4.78, 5) is 22.3. The molecule has 5 aromatic rings. The summed E-state index contributed by atoms with van der Waals surface area (Å²) in [6.07, 6.45) is 6.16. The molecule has 6 rings (SSSR count). The number of nitrogens with zero attached hydrogens (tertiary/aromatic N) is 6. The molecule has 2 aromatic carbocycles. The summed E-state index contributed by atoms with van der Waals surface area (Å²) in [5, 5.41) is 21.4. The van der Waals surface area contributed by atoms with E-state index in [1.54, 1.807) is 40.2 Å². The fourth-order valence-corrected chi connectivity index (χ4v) is 4.94. The van der Waals surface area contributed by atoms with E-state index in [9.17, 15) is 10.1 Å². The summed E-state index contributed by atoms with van der Waals surface area (Å²) < 4.78 is 28.7. The molecule has 1 amide bonds. The van der Waals surface area contributed by atoms with E-state index >= 15 is 4.39 Å². The molecule has 0 unspecified atom stereocenters. The highest BCUT2D eigenvalue weighted by atomic mass is 19.1. The quantitative estimate of drug-likeness (QED) is 0.188. The summed E-state index contributed by atoms with van der Waals surface area (Å²) in [5.41, 5.74) is 3.66. The van der Waals surface area contributed by atoms with Gasteiger partial charge >= 0.3 is 0 Å². The number of carbonyl (C=O) groups excluding carboxylic acids is 1. The molecular weight excluding hydrogens is 575 g/mol. The lowest BCUT2D eigenvalue weighted by Crippen LogP contribution is -2.56. The number of aromatic nitrogens is 4. The van der Waals surface area contributed by atoms with Gasteiger partial charge in [-0.1, -0.05) is 6.58 Å². The molecule has 0 bridgehead atoms. The predicted octanol–water partition coefficient (Wildman–Crippen LogP) is 5.88. The lowest BCUT2D eigenvalue weighted by atomic mass is 10.1. The Bertz CT molecular complexity index is 1940. The van der Waals surface area contributed by atoms with Crippen molar-refractivity contribution in [2.75, 3.05) is 30.3 Å². The van der Waals surface area contributed by atoms with Crippen LogP contribution < -0.4 is 20.1 Å². The number of hydrogen-bond acceptors (Lipinski definition) is 9. The largest absolute Gasteiger partial charge is 0.492 e. The van der Waals surface area contributed by atoms with Gasteiger partial charge in [0.2, 0.25) is 11.8 Å². The van der Waals surface area contributed by atoms with Gasteiger partial charge in [0.15, 0.2) is 0 Å². The van der Waals surface area contributed by atoms with E-state index in [1.165, 1.54) is 24.4 Å². The SMILES string of the molecule is C=CC(=O)N1CC(Nc2cc3c(Nc4ccc(Oc5ccn(-c6ccc(C)nc6)n5)cc4F)c(C#N)cnc3cc2OCC)C1. The normalized spacial score (nSPS) is 12.7. The monoisotopic (exact) mass is 604 g/mol.